The molecular weight excluding hydrogens is 284 g/mol. The zero-order valence-corrected chi connectivity index (χ0v) is 13.4. The van der Waals surface area contributed by atoms with E-state index in [-0.39, 0.29) is 0 Å². The Kier molecular flexibility index (Phi) is 4.65. The van der Waals surface area contributed by atoms with Gasteiger partial charge in [-0.05, 0) is 26.3 Å². The van der Waals surface area contributed by atoms with Gasteiger partial charge in [0, 0.05) is 17.1 Å². The van der Waals surface area contributed by atoms with Gasteiger partial charge in [0.25, 0.3) is 0 Å². The highest BCUT2D eigenvalue weighted by Crippen LogP contribution is 2.32. The Labute approximate surface area is 129 Å². The molecule has 3 rings (SSSR count). The van der Waals surface area contributed by atoms with Gasteiger partial charge >= 0.3 is 0 Å². The van der Waals surface area contributed by atoms with Crippen molar-refractivity contribution >= 4 is 11.3 Å². The van der Waals surface area contributed by atoms with Crippen LogP contribution in [0.5, 0.6) is 0 Å². The van der Waals surface area contributed by atoms with Crippen molar-refractivity contribution in [3.63, 3.8) is 0 Å². The third kappa shape index (κ3) is 3.49. The molecule has 6 heteroatoms. The maximum atomic E-state index is 5.54. The van der Waals surface area contributed by atoms with Gasteiger partial charge in [0.2, 0.25) is 5.89 Å². The number of hydrogen-bond donors (Lipinski definition) is 1. The molecule has 1 N–H and O–H groups in total. The van der Waals surface area contributed by atoms with Crippen LogP contribution in [0.2, 0.25) is 0 Å². The zero-order chi connectivity index (χ0) is 14.7. The molecule has 2 aromatic rings. The minimum atomic E-state index is 0.359. The van der Waals surface area contributed by atoms with Crippen molar-refractivity contribution in [2.45, 2.75) is 57.9 Å². The van der Waals surface area contributed by atoms with Crippen molar-refractivity contribution in [1.82, 2.24) is 20.4 Å². The van der Waals surface area contributed by atoms with Crippen molar-refractivity contribution in [3.05, 3.63) is 27.8 Å². The minimum absolute atomic E-state index is 0.359. The molecular formula is C15H22N4OS. The minimum Gasteiger partial charge on any atom is -0.339 e. The predicted octanol–water partition coefficient (Wildman–Crippen LogP) is 3.06. The normalized spacial score (nSPS) is 22.6. The standard InChI is InChI=1S/C15H22N4OS/c1-3-16-12-7-5-4-6-11(12)15-18-13(19-20-15)8-14-17-10(2)9-21-14/h9,11-12,16H,3-8H2,1-2H3. The number of nitrogens with zero attached hydrogens (tertiary/aromatic N) is 3. The average Bonchev–Trinajstić information content (AvgIpc) is 3.10. The topological polar surface area (TPSA) is 63.8 Å². The second-order valence-corrected chi connectivity index (χ2v) is 6.61. The van der Waals surface area contributed by atoms with Gasteiger partial charge in [-0.1, -0.05) is 24.9 Å². The molecule has 0 saturated heterocycles. The van der Waals surface area contributed by atoms with Gasteiger partial charge in [-0.25, -0.2) is 4.98 Å². The lowest BCUT2D eigenvalue weighted by atomic mass is 9.84. The number of aryl methyl sites for hydroxylation is 1. The summed E-state index contributed by atoms with van der Waals surface area (Å²) in [5, 5.41) is 10.8. The molecule has 0 bridgehead atoms. The van der Waals surface area contributed by atoms with Crippen LogP contribution in [-0.2, 0) is 6.42 Å². The summed E-state index contributed by atoms with van der Waals surface area (Å²) in [6, 6.07) is 0.471. The highest BCUT2D eigenvalue weighted by atomic mass is 32.1. The fraction of sp³-hybridized carbons (Fsp3) is 0.667. The van der Waals surface area contributed by atoms with Crippen molar-refractivity contribution in [2.75, 3.05) is 6.54 Å². The van der Waals surface area contributed by atoms with E-state index in [2.05, 4.69) is 32.7 Å². The molecule has 0 aromatic carbocycles. The lowest BCUT2D eigenvalue weighted by Gasteiger charge is -2.29. The lowest BCUT2D eigenvalue weighted by Crippen LogP contribution is -2.37. The number of thiazole rings is 1. The smallest absolute Gasteiger partial charge is 0.231 e. The van der Waals surface area contributed by atoms with E-state index < -0.39 is 0 Å². The Bertz CT molecular complexity index is 578. The van der Waals surface area contributed by atoms with Gasteiger partial charge in [0.05, 0.1) is 12.3 Å². The molecule has 2 unspecified atom stereocenters. The Morgan fingerprint density at radius 3 is 2.95 bits per heavy atom. The van der Waals surface area contributed by atoms with E-state index in [0.29, 0.717) is 18.4 Å². The van der Waals surface area contributed by atoms with E-state index in [1.54, 1.807) is 11.3 Å². The van der Waals surface area contributed by atoms with Gasteiger partial charge in [-0.2, -0.15) is 4.98 Å². The van der Waals surface area contributed by atoms with Gasteiger partial charge in [0.15, 0.2) is 5.82 Å². The van der Waals surface area contributed by atoms with E-state index in [1.165, 1.54) is 19.3 Å². The van der Waals surface area contributed by atoms with E-state index in [9.17, 15) is 0 Å². The van der Waals surface area contributed by atoms with Crippen molar-refractivity contribution in [2.24, 2.45) is 0 Å². The maximum Gasteiger partial charge on any atom is 0.231 e. The first kappa shape index (κ1) is 14.7. The second kappa shape index (κ2) is 6.66. The van der Waals surface area contributed by atoms with Crippen LogP contribution < -0.4 is 5.32 Å². The molecule has 1 aliphatic carbocycles. The van der Waals surface area contributed by atoms with Crippen LogP contribution in [0.4, 0.5) is 0 Å². The molecule has 21 heavy (non-hydrogen) atoms. The third-order valence-corrected chi connectivity index (χ3v) is 4.98. The summed E-state index contributed by atoms with van der Waals surface area (Å²) in [7, 11) is 0. The van der Waals surface area contributed by atoms with Crippen LogP contribution in [-0.4, -0.2) is 27.7 Å². The Hall–Kier alpha value is -1.27. The number of likely N-dealkylation sites (N-methyl/N-ethyl adjacent to an activating group) is 1. The predicted molar refractivity (Wildman–Crippen MR) is 82.6 cm³/mol. The molecule has 1 saturated carbocycles. The number of nitrogens with one attached hydrogen (secondary N) is 1. The van der Waals surface area contributed by atoms with E-state index in [0.717, 1.165) is 35.4 Å². The molecule has 2 atom stereocenters. The van der Waals surface area contributed by atoms with Crippen molar-refractivity contribution in [3.8, 4) is 0 Å². The van der Waals surface area contributed by atoms with Gasteiger partial charge in [-0.15, -0.1) is 11.3 Å². The molecule has 2 aromatic heterocycles. The molecule has 0 radical (unpaired) electrons. The molecule has 5 nitrogen and oxygen atoms in total. The number of hydrogen-bond acceptors (Lipinski definition) is 6. The molecule has 1 fully saturated rings. The fourth-order valence-corrected chi connectivity index (χ4v) is 3.81. The summed E-state index contributed by atoms with van der Waals surface area (Å²) in [6.07, 6.45) is 5.53. The molecule has 2 heterocycles. The summed E-state index contributed by atoms with van der Waals surface area (Å²) in [4.78, 5) is 9.08. The van der Waals surface area contributed by atoms with E-state index in [4.69, 9.17) is 4.52 Å². The molecule has 0 amide bonds. The Balaban J connectivity index is 1.71. The first-order valence-corrected chi connectivity index (χ1v) is 8.61. The fourth-order valence-electron chi connectivity index (χ4n) is 3.04. The average molecular weight is 306 g/mol. The van der Waals surface area contributed by atoms with Crippen LogP contribution in [0.15, 0.2) is 9.90 Å². The van der Waals surface area contributed by atoms with E-state index in [1.807, 2.05) is 6.92 Å². The summed E-state index contributed by atoms with van der Waals surface area (Å²) in [5.74, 6) is 1.90. The number of aromatic nitrogens is 3. The SMILES string of the molecule is CCNC1CCCCC1c1nc(Cc2nc(C)cs2)no1. The van der Waals surface area contributed by atoms with E-state index >= 15 is 0 Å². The largest absolute Gasteiger partial charge is 0.339 e. The molecule has 0 aliphatic heterocycles. The quantitative estimate of drug-likeness (QED) is 0.919. The third-order valence-electron chi connectivity index (χ3n) is 4.01. The Morgan fingerprint density at radius 2 is 2.19 bits per heavy atom. The van der Waals surface area contributed by atoms with Crippen LogP contribution >= 0.6 is 11.3 Å². The van der Waals surface area contributed by atoms with Crippen molar-refractivity contribution < 1.29 is 4.52 Å². The van der Waals surface area contributed by atoms with Crippen LogP contribution in [0, 0.1) is 6.92 Å². The van der Waals surface area contributed by atoms with Crippen molar-refractivity contribution in [1.29, 1.82) is 0 Å². The maximum absolute atomic E-state index is 5.54. The monoisotopic (exact) mass is 306 g/mol. The highest BCUT2D eigenvalue weighted by Gasteiger charge is 2.30. The Morgan fingerprint density at radius 1 is 1.33 bits per heavy atom. The van der Waals surface area contributed by atoms with Gasteiger partial charge in [0.1, 0.15) is 5.01 Å². The summed E-state index contributed by atoms with van der Waals surface area (Å²) >= 11 is 1.65. The highest BCUT2D eigenvalue weighted by molar-refractivity contribution is 7.09. The van der Waals surface area contributed by atoms with Gasteiger partial charge in [-0.3, -0.25) is 0 Å². The van der Waals surface area contributed by atoms with Crippen LogP contribution in [0.25, 0.3) is 0 Å². The summed E-state index contributed by atoms with van der Waals surface area (Å²) in [6.45, 7) is 5.14. The number of rotatable bonds is 5. The molecule has 114 valence electrons. The van der Waals surface area contributed by atoms with Crippen LogP contribution in [0.1, 0.15) is 60.9 Å². The van der Waals surface area contributed by atoms with Gasteiger partial charge < -0.3 is 9.84 Å². The molecule has 0 spiro atoms. The second-order valence-electron chi connectivity index (χ2n) is 5.66. The van der Waals surface area contributed by atoms with Crippen LogP contribution in [0.3, 0.4) is 0 Å². The zero-order valence-electron chi connectivity index (χ0n) is 12.6. The molecule has 1 aliphatic rings. The first-order chi connectivity index (χ1) is 10.3. The summed E-state index contributed by atoms with van der Waals surface area (Å²) < 4.78 is 5.54. The first-order valence-electron chi connectivity index (χ1n) is 7.73. The summed E-state index contributed by atoms with van der Waals surface area (Å²) in [5.41, 5.74) is 1.05. The lowest BCUT2D eigenvalue weighted by molar-refractivity contribution is 0.264.